The molecule has 1 rings (SSSR count). The Morgan fingerprint density at radius 2 is 1.71 bits per heavy atom. The first-order chi connectivity index (χ1) is 9.95. The molecule has 0 aliphatic heterocycles. The molecule has 0 radical (unpaired) electrons. The highest BCUT2D eigenvalue weighted by Crippen LogP contribution is 2.06. The van der Waals surface area contributed by atoms with E-state index in [4.69, 9.17) is 5.11 Å². The van der Waals surface area contributed by atoms with Crippen LogP contribution < -0.4 is 10.6 Å². The topological polar surface area (TPSA) is 95.5 Å². The summed E-state index contributed by atoms with van der Waals surface area (Å²) in [6, 6.07) is 6.32. The van der Waals surface area contributed by atoms with Gasteiger partial charge in [-0.1, -0.05) is 19.9 Å². The summed E-state index contributed by atoms with van der Waals surface area (Å²) < 4.78 is 0. The maximum atomic E-state index is 11.9. The van der Waals surface area contributed by atoms with Crippen molar-refractivity contribution in [3.63, 3.8) is 0 Å². The van der Waals surface area contributed by atoms with Gasteiger partial charge in [0.2, 0.25) is 0 Å². The fourth-order valence-electron chi connectivity index (χ4n) is 1.58. The van der Waals surface area contributed by atoms with E-state index in [0.717, 1.165) is 6.42 Å². The Hall–Kier alpha value is -2.37. The number of aliphatic carboxylic acids is 1. The van der Waals surface area contributed by atoms with E-state index in [9.17, 15) is 14.4 Å². The summed E-state index contributed by atoms with van der Waals surface area (Å²) in [5.41, 5.74) is 0.735. The molecule has 0 aromatic heterocycles. The number of carbonyl (C=O) groups excluding carboxylic acids is 2. The largest absolute Gasteiger partial charge is 0.481 e. The van der Waals surface area contributed by atoms with Gasteiger partial charge < -0.3 is 15.7 Å². The van der Waals surface area contributed by atoms with Crippen LogP contribution in [0.1, 0.15) is 41.0 Å². The number of rotatable bonds is 7. The second-order valence-corrected chi connectivity index (χ2v) is 4.79. The highest BCUT2D eigenvalue weighted by molar-refractivity contribution is 5.99. The van der Waals surface area contributed by atoms with Crippen molar-refractivity contribution < 1.29 is 19.5 Å². The number of benzene rings is 1. The van der Waals surface area contributed by atoms with E-state index in [0.29, 0.717) is 17.7 Å². The summed E-state index contributed by atoms with van der Waals surface area (Å²) in [6.45, 7) is 4.08. The fraction of sp³-hybridized carbons (Fsp3) is 0.400. The standard InChI is InChI=1S/C15H20N2O4/c1-3-7-16-13(18)11-5-4-6-12(8-11)14(19)17-9-10(2)15(20)21/h4-6,8,10H,3,7,9H2,1-2H3,(H,16,18)(H,17,19)(H,20,21). The Kier molecular flexibility index (Phi) is 6.39. The summed E-state index contributed by atoms with van der Waals surface area (Å²) in [6.07, 6.45) is 0.832. The van der Waals surface area contributed by atoms with Gasteiger partial charge in [-0.05, 0) is 24.6 Å². The lowest BCUT2D eigenvalue weighted by atomic mass is 10.1. The summed E-state index contributed by atoms with van der Waals surface area (Å²) in [5, 5.41) is 14.0. The molecule has 0 aliphatic carbocycles. The molecular formula is C15H20N2O4. The molecule has 1 aromatic carbocycles. The van der Waals surface area contributed by atoms with Gasteiger partial charge >= 0.3 is 5.97 Å². The number of hydrogen-bond donors (Lipinski definition) is 3. The van der Waals surface area contributed by atoms with E-state index in [-0.39, 0.29) is 12.5 Å². The van der Waals surface area contributed by atoms with Crippen LogP contribution in [0.25, 0.3) is 0 Å². The molecule has 0 spiro atoms. The molecule has 0 aliphatic rings. The van der Waals surface area contributed by atoms with E-state index >= 15 is 0 Å². The Labute approximate surface area is 123 Å². The first kappa shape index (κ1) is 16.7. The van der Waals surface area contributed by atoms with Crippen molar-refractivity contribution >= 4 is 17.8 Å². The SMILES string of the molecule is CCCNC(=O)c1cccc(C(=O)NCC(C)C(=O)O)c1. The zero-order valence-corrected chi connectivity index (χ0v) is 12.2. The van der Waals surface area contributed by atoms with E-state index in [2.05, 4.69) is 10.6 Å². The number of nitrogens with one attached hydrogen (secondary N) is 2. The third-order valence-corrected chi connectivity index (χ3v) is 2.91. The van der Waals surface area contributed by atoms with Crippen molar-refractivity contribution in [1.29, 1.82) is 0 Å². The number of carboxylic acid groups (broad SMARTS) is 1. The summed E-state index contributed by atoms with van der Waals surface area (Å²) in [7, 11) is 0. The highest BCUT2D eigenvalue weighted by Gasteiger charge is 2.14. The van der Waals surface area contributed by atoms with Crippen LogP contribution in [0.2, 0.25) is 0 Å². The third-order valence-electron chi connectivity index (χ3n) is 2.91. The lowest BCUT2D eigenvalue weighted by molar-refractivity contribution is -0.140. The molecule has 0 heterocycles. The van der Waals surface area contributed by atoms with E-state index in [1.165, 1.54) is 13.0 Å². The zero-order valence-electron chi connectivity index (χ0n) is 12.2. The quantitative estimate of drug-likeness (QED) is 0.705. The first-order valence-electron chi connectivity index (χ1n) is 6.85. The molecule has 114 valence electrons. The molecule has 6 nitrogen and oxygen atoms in total. The molecular weight excluding hydrogens is 272 g/mol. The zero-order chi connectivity index (χ0) is 15.8. The number of carbonyl (C=O) groups is 3. The minimum atomic E-state index is -0.969. The Morgan fingerprint density at radius 3 is 2.24 bits per heavy atom. The molecule has 1 atom stereocenters. The molecule has 0 saturated carbocycles. The molecule has 1 unspecified atom stereocenters. The summed E-state index contributed by atoms with van der Waals surface area (Å²) in [5.74, 6) is -2.26. The van der Waals surface area contributed by atoms with Crippen LogP contribution in [-0.2, 0) is 4.79 Å². The molecule has 0 bridgehead atoms. The van der Waals surface area contributed by atoms with Crippen LogP contribution >= 0.6 is 0 Å². The summed E-state index contributed by atoms with van der Waals surface area (Å²) in [4.78, 5) is 34.4. The van der Waals surface area contributed by atoms with Gasteiger partial charge in [0.1, 0.15) is 0 Å². The number of hydrogen-bond acceptors (Lipinski definition) is 3. The van der Waals surface area contributed by atoms with Gasteiger partial charge in [0.25, 0.3) is 11.8 Å². The van der Waals surface area contributed by atoms with Crippen LogP contribution in [0.3, 0.4) is 0 Å². The molecule has 0 saturated heterocycles. The Bertz CT molecular complexity index is 528. The van der Waals surface area contributed by atoms with Crippen molar-refractivity contribution in [3.05, 3.63) is 35.4 Å². The van der Waals surface area contributed by atoms with Crippen molar-refractivity contribution in [2.24, 2.45) is 5.92 Å². The fourth-order valence-corrected chi connectivity index (χ4v) is 1.58. The van der Waals surface area contributed by atoms with E-state index < -0.39 is 17.8 Å². The molecule has 2 amide bonds. The van der Waals surface area contributed by atoms with Crippen LogP contribution in [-0.4, -0.2) is 36.0 Å². The van der Waals surface area contributed by atoms with Gasteiger partial charge in [0, 0.05) is 24.2 Å². The molecule has 0 fully saturated rings. The lowest BCUT2D eigenvalue weighted by Gasteiger charge is -2.09. The number of amides is 2. The van der Waals surface area contributed by atoms with Crippen LogP contribution in [0, 0.1) is 5.92 Å². The third kappa shape index (κ3) is 5.25. The Balaban J connectivity index is 2.68. The predicted octanol–water partition coefficient (Wildman–Crippen LogP) is 1.28. The van der Waals surface area contributed by atoms with Gasteiger partial charge in [-0.3, -0.25) is 14.4 Å². The minimum absolute atomic E-state index is 0.0421. The first-order valence-corrected chi connectivity index (χ1v) is 6.85. The lowest BCUT2D eigenvalue weighted by Crippen LogP contribution is -2.31. The van der Waals surface area contributed by atoms with Gasteiger partial charge in [-0.25, -0.2) is 0 Å². The summed E-state index contributed by atoms with van der Waals surface area (Å²) >= 11 is 0. The van der Waals surface area contributed by atoms with E-state index in [1.54, 1.807) is 18.2 Å². The molecule has 1 aromatic rings. The van der Waals surface area contributed by atoms with Crippen LogP contribution in [0.5, 0.6) is 0 Å². The number of carboxylic acids is 1. The molecule has 6 heteroatoms. The average molecular weight is 292 g/mol. The van der Waals surface area contributed by atoms with Crippen molar-refractivity contribution in [1.82, 2.24) is 10.6 Å². The van der Waals surface area contributed by atoms with Crippen LogP contribution in [0.4, 0.5) is 0 Å². The van der Waals surface area contributed by atoms with Gasteiger partial charge in [-0.15, -0.1) is 0 Å². The minimum Gasteiger partial charge on any atom is -0.481 e. The normalized spacial score (nSPS) is 11.5. The van der Waals surface area contributed by atoms with Crippen molar-refractivity contribution in [2.75, 3.05) is 13.1 Å². The van der Waals surface area contributed by atoms with Gasteiger partial charge in [-0.2, -0.15) is 0 Å². The maximum Gasteiger partial charge on any atom is 0.308 e. The molecule has 21 heavy (non-hydrogen) atoms. The van der Waals surface area contributed by atoms with Crippen LogP contribution in [0.15, 0.2) is 24.3 Å². The predicted molar refractivity (Wildman–Crippen MR) is 78.2 cm³/mol. The van der Waals surface area contributed by atoms with Crippen molar-refractivity contribution in [2.45, 2.75) is 20.3 Å². The smallest absolute Gasteiger partial charge is 0.308 e. The van der Waals surface area contributed by atoms with Crippen molar-refractivity contribution in [3.8, 4) is 0 Å². The second-order valence-electron chi connectivity index (χ2n) is 4.79. The van der Waals surface area contributed by atoms with Gasteiger partial charge in [0.05, 0.1) is 5.92 Å². The van der Waals surface area contributed by atoms with Gasteiger partial charge in [0.15, 0.2) is 0 Å². The average Bonchev–Trinajstić information content (AvgIpc) is 2.49. The second kappa shape index (κ2) is 8.04. The maximum absolute atomic E-state index is 11.9. The Morgan fingerprint density at radius 1 is 1.14 bits per heavy atom. The highest BCUT2D eigenvalue weighted by atomic mass is 16.4. The molecule has 3 N–H and O–H groups in total. The van der Waals surface area contributed by atoms with E-state index in [1.807, 2.05) is 6.92 Å². The monoisotopic (exact) mass is 292 g/mol.